The SMILES string of the molecule is CCCCCC[C@H](NC(=O)c1ccccc1)C(=O)CCC(=O)N[C@H](C)CC(N)=O. The zero-order valence-corrected chi connectivity index (χ0v) is 17.4. The number of primary amides is 1. The Bertz CT molecular complexity index is 676. The highest BCUT2D eigenvalue weighted by Gasteiger charge is 2.22. The van der Waals surface area contributed by atoms with E-state index in [1.807, 2.05) is 6.07 Å². The van der Waals surface area contributed by atoms with E-state index in [1.54, 1.807) is 31.2 Å². The molecular weight excluding hydrogens is 370 g/mol. The first-order valence-corrected chi connectivity index (χ1v) is 10.3. The summed E-state index contributed by atoms with van der Waals surface area (Å²) in [4.78, 5) is 48.0. The third-order valence-electron chi connectivity index (χ3n) is 4.59. The highest BCUT2D eigenvalue weighted by Crippen LogP contribution is 2.10. The summed E-state index contributed by atoms with van der Waals surface area (Å²) in [6, 6.07) is 7.76. The molecule has 0 saturated carbocycles. The summed E-state index contributed by atoms with van der Waals surface area (Å²) < 4.78 is 0. The van der Waals surface area contributed by atoms with Crippen LogP contribution in [0.25, 0.3) is 0 Å². The molecule has 0 spiro atoms. The monoisotopic (exact) mass is 403 g/mol. The molecule has 1 rings (SSSR count). The molecule has 29 heavy (non-hydrogen) atoms. The molecule has 0 aromatic heterocycles. The van der Waals surface area contributed by atoms with E-state index in [1.165, 1.54) is 0 Å². The minimum absolute atomic E-state index is 0.00853. The number of amides is 3. The van der Waals surface area contributed by atoms with Crippen LogP contribution in [0.15, 0.2) is 30.3 Å². The van der Waals surface area contributed by atoms with Gasteiger partial charge < -0.3 is 16.4 Å². The van der Waals surface area contributed by atoms with Gasteiger partial charge in [0.25, 0.3) is 5.91 Å². The minimum Gasteiger partial charge on any atom is -0.370 e. The molecule has 0 aliphatic rings. The fourth-order valence-electron chi connectivity index (χ4n) is 3.03. The van der Waals surface area contributed by atoms with Crippen molar-refractivity contribution in [2.45, 2.75) is 77.3 Å². The largest absolute Gasteiger partial charge is 0.370 e. The number of nitrogens with one attached hydrogen (secondary N) is 2. The summed E-state index contributed by atoms with van der Waals surface area (Å²) in [6.45, 7) is 3.79. The van der Waals surface area contributed by atoms with E-state index in [0.717, 1.165) is 25.7 Å². The van der Waals surface area contributed by atoms with Gasteiger partial charge in [-0.3, -0.25) is 19.2 Å². The standard InChI is InChI=1S/C22H33N3O4/c1-3-4-5-9-12-18(25-22(29)17-10-7-6-8-11-17)19(26)13-14-21(28)24-16(2)15-20(23)27/h6-8,10-11,16,18H,3-5,9,12-15H2,1-2H3,(H2,23,27)(H,24,28)(H,25,29)/t16-,18+/m1/s1. The number of Topliss-reactive ketones (excluding diaryl/α,β-unsaturated/α-hetero) is 1. The Morgan fingerprint density at radius 2 is 1.66 bits per heavy atom. The van der Waals surface area contributed by atoms with Crippen LogP contribution in [0.5, 0.6) is 0 Å². The van der Waals surface area contributed by atoms with Crippen LogP contribution in [0.3, 0.4) is 0 Å². The Morgan fingerprint density at radius 3 is 2.28 bits per heavy atom. The molecule has 0 radical (unpaired) electrons. The number of carbonyl (C=O) groups is 4. The highest BCUT2D eigenvalue weighted by molar-refractivity contribution is 5.98. The summed E-state index contributed by atoms with van der Waals surface area (Å²) in [5.74, 6) is -1.27. The first kappa shape index (κ1) is 24.3. The maximum Gasteiger partial charge on any atom is 0.251 e. The lowest BCUT2D eigenvalue weighted by atomic mass is 10.00. The van der Waals surface area contributed by atoms with Gasteiger partial charge in [-0.1, -0.05) is 50.8 Å². The predicted molar refractivity (Wildman–Crippen MR) is 112 cm³/mol. The molecule has 0 unspecified atom stereocenters. The lowest BCUT2D eigenvalue weighted by Crippen LogP contribution is -2.41. The van der Waals surface area contributed by atoms with E-state index >= 15 is 0 Å². The first-order valence-electron chi connectivity index (χ1n) is 10.3. The molecule has 2 atom stereocenters. The summed E-state index contributed by atoms with van der Waals surface area (Å²) >= 11 is 0. The second-order valence-corrected chi connectivity index (χ2v) is 7.35. The van der Waals surface area contributed by atoms with Gasteiger partial charge in [0.1, 0.15) is 0 Å². The van der Waals surface area contributed by atoms with Gasteiger partial charge in [0.2, 0.25) is 11.8 Å². The molecule has 0 aliphatic heterocycles. The Morgan fingerprint density at radius 1 is 0.966 bits per heavy atom. The Balaban J connectivity index is 2.61. The molecule has 0 heterocycles. The van der Waals surface area contributed by atoms with Gasteiger partial charge >= 0.3 is 0 Å². The molecule has 4 N–H and O–H groups in total. The normalized spacial score (nSPS) is 12.6. The molecule has 7 heteroatoms. The quantitative estimate of drug-likeness (QED) is 0.414. The topological polar surface area (TPSA) is 118 Å². The van der Waals surface area contributed by atoms with E-state index in [2.05, 4.69) is 17.6 Å². The van der Waals surface area contributed by atoms with Crippen molar-refractivity contribution in [2.75, 3.05) is 0 Å². The van der Waals surface area contributed by atoms with Gasteiger partial charge in [-0.05, 0) is 25.5 Å². The van der Waals surface area contributed by atoms with Gasteiger partial charge in [0.15, 0.2) is 5.78 Å². The fraction of sp³-hybridized carbons (Fsp3) is 0.545. The first-order chi connectivity index (χ1) is 13.8. The molecule has 0 bridgehead atoms. The zero-order valence-electron chi connectivity index (χ0n) is 17.4. The minimum atomic E-state index is -0.615. The molecule has 1 aromatic rings. The summed E-state index contributed by atoms with van der Waals surface area (Å²) in [7, 11) is 0. The van der Waals surface area contributed by atoms with Gasteiger partial charge in [0, 0.05) is 30.9 Å². The zero-order chi connectivity index (χ0) is 21.6. The number of benzene rings is 1. The van der Waals surface area contributed by atoms with Crippen molar-refractivity contribution in [3.8, 4) is 0 Å². The Labute approximate surface area is 172 Å². The maximum atomic E-state index is 12.7. The fourth-order valence-corrected chi connectivity index (χ4v) is 3.03. The van der Waals surface area contributed by atoms with E-state index in [-0.39, 0.29) is 42.9 Å². The maximum absolute atomic E-state index is 12.7. The molecule has 3 amide bonds. The summed E-state index contributed by atoms with van der Waals surface area (Å²) in [5.41, 5.74) is 5.61. The summed E-state index contributed by atoms with van der Waals surface area (Å²) in [6.07, 6.45) is 4.63. The lowest BCUT2D eigenvalue weighted by Gasteiger charge is -2.18. The average Bonchev–Trinajstić information content (AvgIpc) is 2.68. The number of hydrogen-bond acceptors (Lipinski definition) is 4. The van der Waals surface area contributed by atoms with Crippen molar-refractivity contribution in [3.63, 3.8) is 0 Å². The van der Waals surface area contributed by atoms with E-state index < -0.39 is 11.9 Å². The molecule has 1 aromatic carbocycles. The Hall–Kier alpha value is -2.70. The van der Waals surface area contributed by atoms with Crippen LogP contribution in [0.1, 0.15) is 75.6 Å². The van der Waals surface area contributed by atoms with Gasteiger partial charge in [-0.15, -0.1) is 0 Å². The van der Waals surface area contributed by atoms with Gasteiger partial charge in [-0.2, -0.15) is 0 Å². The molecule has 160 valence electrons. The lowest BCUT2D eigenvalue weighted by molar-refractivity contribution is -0.127. The molecule has 0 saturated heterocycles. The molecular formula is C22H33N3O4. The number of ketones is 1. The number of hydrogen-bond donors (Lipinski definition) is 3. The van der Waals surface area contributed by atoms with Gasteiger partial charge in [0.05, 0.1) is 6.04 Å². The van der Waals surface area contributed by atoms with E-state index in [0.29, 0.717) is 12.0 Å². The van der Waals surface area contributed by atoms with Crippen LogP contribution in [-0.2, 0) is 14.4 Å². The predicted octanol–water partition coefficient (Wildman–Crippen LogP) is 2.48. The molecule has 0 fully saturated rings. The van der Waals surface area contributed by atoms with Crippen molar-refractivity contribution < 1.29 is 19.2 Å². The number of unbranched alkanes of at least 4 members (excludes halogenated alkanes) is 3. The van der Waals surface area contributed by atoms with Crippen LogP contribution < -0.4 is 16.4 Å². The smallest absolute Gasteiger partial charge is 0.251 e. The van der Waals surface area contributed by atoms with Gasteiger partial charge in [-0.25, -0.2) is 0 Å². The number of nitrogens with two attached hydrogens (primary N) is 1. The second-order valence-electron chi connectivity index (χ2n) is 7.35. The third-order valence-corrected chi connectivity index (χ3v) is 4.59. The van der Waals surface area contributed by atoms with Crippen LogP contribution >= 0.6 is 0 Å². The van der Waals surface area contributed by atoms with Crippen LogP contribution in [-0.4, -0.2) is 35.6 Å². The van der Waals surface area contributed by atoms with Crippen molar-refractivity contribution in [1.29, 1.82) is 0 Å². The number of carbonyl (C=O) groups excluding carboxylic acids is 4. The van der Waals surface area contributed by atoms with Crippen LogP contribution in [0.2, 0.25) is 0 Å². The van der Waals surface area contributed by atoms with Crippen molar-refractivity contribution >= 4 is 23.5 Å². The average molecular weight is 404 g/mol. The second kappa shape index (κ2) is 13.5. The van der Waals surface area contributed by atoms with Crippen molar-refractivity contribution in [1.82, 2.24) is 10.6 Å². The van der Waals surface area contributed by atoms with Crippen LogP contribution in [0, 0.1) is 0 Å². The van der Waals surface area contributed by atoms with E-state index in [4.69, 9.17) is 5.73 Å². The van der Waals surface area contributed by atoms with Crippen molar-refractivity contribution in [2.24, 2.45) is 5.73 Å². The van der Waals surface area contributed by atoms with Crippen LogP contribution in [0.4, 0.5) is 0 Å². The Kier molecular flexibility index (Phi) is 11.3. The molecule has 0 aliphatic carbocycles. The van der Waals surface area contributed by atoms with Crippen molar-refractivity contribution in [3.05, 3.63) is 35.9 Å². The third kappa shape index (κ3) is 10.4. The summed E-state index contributed by atoms with van der Waals surface area (Å²) in [5, 5.41) is 5.47. The number of rotatable bonds is 14. The highest BCUT2D eigenvalue weighted by atomic mass is 16.2. The molecule has 7 nitrogen and oxygen atoms in total. The van der Waals surface area contributed by atoms with E-state index in [9.17, 15) is 19.2 Å².